The fraction of sp³-hybridized carbons (Fsp3) is 0.111. The van der Waals surface area contributed by atoms with Crippen LogP contribution >= 0.6 is 11.8 Å². The summed E-state index contributed by atoms with van der Waals surface area (Å²) in [5.41, 5.74) is 4.36. The molecular formula is C27H22N6O2S. The van der Waals surface area contributed by atoms with Gasteiger partial charge in [-0.25, -0.2) is 4.98 Å². The van der Waals surface area contributed by atoms with Crippen LogP contribution in [-0.4, -0.2) is 36.4 Å². The van der Waals surface area contributed by atoms with E-state index in [-0.39, 0.29) is 11.7 Å². The molecule has 0 aliphatic carbocycles. The van der Waals surface area contributed by atoms with E-state index in [0.717, 1.165) is 33.4 Å². The molecule has 0 spiro atoms. The van der Waals surface area contributed by atoms with Crippen LogP contribution in [0.2, 0.25) is 0 Å². The number of anilines is 1. The predicted molar refractivity (Wildman–Crippen MR) is 141 cm³/mol. The summed E-state index contributed by atoms with van der Waals surface area (Å²) in [4.78, 5) is 20.3. The maximum Gasteiger partial charge on any atom is 0.234 e. The molecule has 3 aromatic carbocycles. The van der Waals surface area contributed by atoms with Gasteiger partial charge in [-0.2, -0.15) is 0 Å². The van der Waals surface area contributed by atoms with Gasteiger partial charge in [-0.05, 0) is 42.8 Å². The zero-order chi connectivity index (χ0) is 24.5. The number of H-pyrrole nitrogens is 1. The smallest absolute Gasteiger partial charge is 0.234 e. The summed E-state index contributed by atoms with van der Waals surface area (Å²) in [5, 5.41) is 13.4. The van der Waals surface area contributed by atoms with E-state index >= 15 is 0 Å². The number of amides is 1. The van der Waals surface area contributed by atoms with Crippen LogP contribution in [0.4, 0.5) is 5.69 Å². The number of nitrogens with one attached hydrogen (secondary N) is 2. The van der Waals surface area contributed by atoms with Crippen LogP contribution in [0.3, 0.4) is 0 Å². The second kappa shape index (κ2) is 9.35. The number of para-hydroxylation sites is 1. The van der Waals surface area contributed by atoms with E-state index in [1.807, 2.05) is 78.2 Å². The maximum absolute atomic E-state index is 12.8. The molecule has 0 atom stereocenters. The monoisotopic (exact) mass is 494 g/mol. The molecule has 9 heteroatoms. The Hall–Kier alpha value is -4.37. The summed E-state index contributed by atoms with van der Waals surface area (Å²) in [6.07, 6.45) is 0. The quantitative estimate of drug-likeness (QED) is 0.278. The third kappa shape index (κ3) is 4.48. The normalized spacial score (nSPS) is 11.4. The van der Waals surface area contributed by atoms with Crippen LogP contribution in [0.1, 0.15) is 11.4 Å². The topological polar surface area (TPSA) is 102 Å². The number of imidazole rings is 1. The molecule has 178 valence electrons. The molecule has 0 aliphatic rings. The number of rotatable bonds is 7. The Balaban J connectivity index is 1.24. The molecule has 0 saturated carbocycles. The molecule has 0 saturated heterocycles. The molecule has 0 aliphatic heterocycles. The largest absolute Gasteiger partial charge is 0.453 e. The van der Waals surface area contributed by atoms with Gasteiger partial charge >= 0.3 is 0 Å². The highest BCUT2D eigenvalue weighted by molar-refractivity contribution is 7.99. The van der Waals surface area contributed by atoms with Crippen molar-refractivity contribution in [2.75, 3.05) is 11.1 Å². The van der Waals surface area contributed by atoms with Gasteiger partial charge in [-0.15, -0.1) is 10.2 Å². The van der Waals surface area contributed by atoms with Crippen LogP contribution < -0.4 is 5.32 Å². The van der Waals surface area contributed by atoms with Gasteiger partial charge in [0.1, 0.15) is 11.4 Å². The van der Waals surface area contributed by atoms with Gasteiger partial charge in [-0.3, -0.25) is 9.36 Å². The number of hydrogen-bond donors (Lipinski definition) is 2. The van der Waals surface area contributed by atoms with Crippen molar-refractivity contribution in [1.29, 1.82) is 0 Å². The van der Waals surface area contributed by atoms with Gasteiger partial charge < -0.3 is 14.7 Å². The van der Waals surface area contributed by atoms with E-state index in [4.69, 9.17) is 4.42 Å². The predicted octanol–water partition coefficient (Wildman–Crippen LogP) is 5.66. The molecule has 36 heavy (non-hydrogen) atoms. The number of carbonyl (C=O) groups is 1. The zero-order valence-corrected chi connectivity index (χ0v) is 20.2. The lowest BCUT2D eigenvalue weighted by molar-refractivity contribution is -0.113. The Morgan fingerprint density at radius 1 is 1.03 bits per heavy atom. The van der Waals surface area contributed by atoms with Crippen LogP contribution in [-0.2, 0) is 11.3 Å². The number of fused-ring (bicyclic) bond motifs is 2. The number of thioether (sulfide) groups is 1. The van der Waals surface area contributed by atoms with Gasteiger partial charge in [-0.1, -0.05) is 60.3 Å². The minimum atomic E-state index is -0.130. The Labute approximate surface area is 210 Å². The minimum Gasteiger partial charge on any atom is -0.453 e. The van der Waals surface area contributed by atoms with E-state index in [1.165, 1.54) is 11.8 Å². The first kappa shape index (κ1) is 22.1. The number of benzene rings is 3. The van der Waals surface area contributed by atoms with Crippen molar-refractivity contribution in [2.45, 2.75) is 18.6 Å². The third-order valence-corrected chi connectivity index (χ3v) is 6.73. The number of aromatic amines is 1. The van der Waals surface area contributed by atoms with Crippen molar-refractivity contribution < 1.29 is 9.21 Å². The summed E-state index contributed by atoms with van der Waals surface area (Å²) in [6.45, 7) is 2.46. The zero-order valence-electron chi connectivity index (χ0n) is 19.4. The lowest BCUT2D eigenvalue weighted by Crippen LogP contribution is -2.14. The molecule has 0 fully saturated rings. The maximum atomic E-state index is 12.8. The molecule has 0 unspecified atom stereocenters. The third-order valence-electron chi connectivity index (χ3n) is 5.76. The summed E-state index contributed by atoms with van der Waals surface area (Å²) in [7, 11) is 0. The highest BCUT2D eigenvalue weighted by Crippen LogP contribution is 2.30. The van der Waals surface area contributed by atoms with Gasteiger partial charge in [0.15, 0.2) is 10.9 Å². The lowest BCUT2D eigenvalue weighted by atomic mass is 10.2. The van der Waals surface area contributed by atoms with Crippen LogP contribution in [0, 0.1) is 6.92 Å². The average molecular weight is 495 g/mol. The Kier molecular flexibility index (Phi) is 5.74. The summed E-state index contributed by atoms with van der Waals surface area (Å²) in [6, 6.07) is 25.5. The number of furan rings is 1. The number of hydrogen-bond acceptors (Lipinski definition) is 6. The molecule has 2 N–H and O–H groups in total. The summed E-state index contributed by atoms with van der Waals surface area (Å²) >= 11 is 1.34. The lowest BCUT2D eigenvalue weighted by Gasteiger charge is -2.09. The van der Waals surface area contributed by atoms with Crippen molar-refractivity contribution in [1.82, 2.24) is 24.7 Å². The van der Waals surface area contributed by atoms with E-state index in [2.05, 4.69) is 37.6 Å². The molecular weight excluding hydrogens is 472 g/mol. The van der Waals surface area contributed by atoms with E-state index in [9.17, 15) is 4.79 Å². The standard InChI is InChI=1S/C27H22N6O2S/c1-17-28-21-12-11-20(14-22(21)29-17)30-25(34)16-36-27-32-31-26(33(27)15-18-7-3-2-4-8-18)24-13-19-9-5-6-10-23(19)35-24/h2-14H,15-16H2,1H3,(H,28,29)(H,30,34). The summed E-state index contributed by atoms with van der Waals surface area (Å²) in [5.74, 6) is 2.15. The van der Waals surface area contributed by atoms with Crippen molar-refractivity contribution in [3.8, 4) is 11.6 Å². The molecule has 3 aromatic heterocycles. The Morgan fingerprint density at radius 3 is 2.72 bits per heavy atom. The Bertz CT molecular complexity index is 1650. The first-order chi connectivity index (χ1) is 17.6. The number of nitrogens with zero attached hydrogens (tertiary/aromatic N) is 4. The first-order valence-corrected chi connectivity index (χ1v) is 12.5. The van der Waals surface area contributed by atoms with Gasteiger partial charge in [0.2, 0.25) is 11.7 Å². The van der Waals surface area contributed by atoms with E-state index < -0.39 is 0 Å². The number of aryl methyl sites for hydroxylation is 1. The number of aromatic nitrogens is 5. The molecule has 8 nitrogen and oxygen atoms in total. The fourth-order valence-electron chi connectivity index (χ4n) is 4.12. The van der Waals surface area contributed by atoms with Gasteiger partial charge in [0, 0.05) is 11.1 Å². The first-order valence-electron chi connectivity index (χ1n) is 11.5. The van der Waals surface area contributed by atoms with Crippen molar-refractivity contribution in [3.63, 3.8) is 0 Å². The van der Waals surface area contributed by atoms with Crippen LogP contribution in [0.25, 0.3) is 33.6 Å². The van der Waals surface area contributed by atoms with Crippen LogP contribution in [0.5, 0.6) is 0 Å². The highest BCUT2D eigenvalue weighted by Gasteiger charge is 2.19. The molecule has 6 aromatic rings. The highest BCUT2D eigenvalue weighted by atomic mass is 32.2. The Morgan fingerprint density at radius 2 is 1.86 bits per heavy atom. The van der Waals surface area contributed by atoms with E-state index in [0.29, 0.717) is 29.0 Å². The molecule has 0 bridgehead atoms. The van der Waals surface area contributed by atoms with Crippen molar-refractivity contribution in [3.05, 3.63) is 90.3 Å². The van der Waals surface area contributed by atoms with E-state index in [1.54, 1.807) is 0 Å². The average Bonchev–Trinajstić information content (AvgIpc) is 3.58. The molecule has 6 rings (SSSR count). The minimum absolute atomic E-state index is 0.130. The molecule has 1 amide bonds. The van der Waals surface area contributed by atoms with Gasteiger partial charge in [0.25, 0.3) is 0 Å². The SMILES string of the molecule is Cc1nc2ccc(NC(=O)CSc3nnc(-c4cc5ccccc5o4)n3Cc3ccccc3)cc2[nH]1. The molecule has 0 radical (unpaired) electrons. The van der Waals surface area contributed by atoms with Gasteiger partial charge in [0.05, 0.1) is 23.3 Å². The van der Waals surface area contributed by atoms with Crippen molar-refractivity contribution >= 4 is 45.4 Å². The number of carbonyl (C=O) groups excluding carboxylic acids is 1. The second-order valence-corrected chi connectivity index (χ2v) is 9.36. The van der Waals surface area contributed by atoms with Crippen molar-refractivity contribution in [2.24, 2.45) is 0 Å². The van der Waals surface area contributed by atoms with Crippen LogP contribution in [0.15, 0.2) is 88.4 Å². The summed E-state index contributed by atoms with van der Waals surface area (Å²) < 4.78 is 8.06. The second-order valence-electron chi connectivity index (χ2n) is 8.42. The molecule has 3 heterocycles. The fourth-order valence-corrected chi connectivity index (χ4v) is 4.86.